The van der Waals surface area contributed by atoms with E-state index in [1.807, 2.05) is 19.9 Å². The fourth-order valence-corrected chi connectivity index (χ4v) is 2.53. The lowest BCUT2D eigenvalue weighted by Gasteiger charge is -2.02. The summed E-state index contributed by atoms with van der Waals surface area (Å²) < 4.78 is 5.45. The molecule has 0 amide bonds. The number of aryl methyl sites for hydroxylation is 2. The third-order valence-corrected chi connectivity index (χ3v) is 3.59. The molecule has 0 N–H and O–H groups in total. The van der Waals surface area contributed by atoms with Crippen molar-refractivity contribution in [3.63, 3.8) is 0 Å². The molecule has 3 nitrogen and oxygen atoms in total. The summed E-state index contributed by atoms with van der Waals surface area (Å²) in [4.78, 5) is 16.0. The van der Waals surface area contributed by atoms with Crippen LogP contribution in [0.3, 0.4) is 0 Å². The van der Waals surface area contributed by atoms with Crippen LogP contribution in [0.25, 0.3) is 0 Å². The number of oxazole rings is 1. The molecule has 88 valence electrons. The van der Waals surface area contributed by atoms with Gasteiger partial charge in [-0.25, -0.2) is 4.98 Å². The van der Waals surface area contributed by atoms with E-state index in [2.05, 4.69) is 4.98 Å². The van der Waals surface area contributed by atoms with Crippen LogP contribution in [0.1, 0.15) is 21.8 Å². The summed E-state index contributed by atoms with van der Waals surface area (Å²) in [5, 5.41) is 0.954. The molecular formula is C12H10ClNO2S. The minimum atomic E-state index is 0.435. The number of carbonyl (C=O) groups excluding carboxylic acids is 1. The molecule has 5 heteroatoms. The molecule has 0 saturated carbocycles. The summed E-state index contributed by atoms with van der Waals surface area (Å²) >= 11 is 7.23. The van der Waals surface area contributed by atoms with E-state index in [-0.39, 0.29) is 0 Å². The number of aromatic nitrogens is 1. The third kappa shape index (κ3) is 2.53. The number of hydrogen-bond donors (Lipinski definition) is 0. The van der Waals surface area contributed by atoms with Gasteiger partial charge in [0.2, 0.25) is 0 Å². The van der Waals surface area contributed by atoms with Crippen molar-refractivity contribution in [2.24, 2.45) is 0 Å². The van der Waals surface area contributed by atoms with Crippen molar-refractivity contribution in [2.75, 3.05) is 0 Å². The first-order valence-electron chi connectivity index (χ1n) is 4.97. The van der Waals surface area contributed by atoms with E-state index in [0.717, 1.165) is 22.6 Å². The van der Waals surface area contributed by atoms with E-state index in [9.17, 15) is 4.79 Å². The molecule has 1 aromatic carbocycles. The van der Waals surface area contributed by atoms with Crippen molar-refractivity contribution in [1.82, 2.24) is 4.98 Å². The summed E-state index contributed by atoms with van der Waals surface area (Å²) in [7, 11) is 0. The van der Waals surface area contributed by atoms with Gasteiger partial charge in [-0.15, -0.1) is 0 Å². The molecule has 0 radical (unpaired) electrons. The van der Waals surface area contributed by atoms with Crippen LogP contribution in [-0.4, -0.2) is 11.3 Å². The second-order valence-electron chi connectivity index (χ2n) is 3.49. The number of halogens is 1. The lowest BCUT2D eigenvalue weighted by Crippen LogP contribution is -1.86. The number of carbonyl (C=O) groups is 1. The third-order valence-electron chi connectivity index (χ3n) is 2.34. The average Bonchev–Trinajstić information content (AvgIpc) is 2.58. The summed E-state index contributed by atoms with van der Waals surface area (Å²) in [5.74, 6) is 0.780. The van der Waals surface area contributed by atoms with Crippen molar-refractivity contribution in [1.29, 1.82) is 0 Å². The van der Waals surface area contributed by atoms with Crippen LogP contribution in [0, 0.1) is 13.8 Å². The zero-order valence-corrected chi connectivity index (χ0v) is 10.9. The molecule has 0 aliphatic heterocycles. The quantitative estimate of drug-likeness (QED) is 0.791. The zero-order chi connectivity index (χ0) is 12.4. The van der Waals surface area contributed by atoms with Gasteiger partial charge in [0.05, 0.1) is 10.7 Å². The molecule has 0 spiro atoms. The molecule has 0 atom stereocenters. The maximum Gasteiger partial charge on any atom is 0.261 e. The maximum absolute atomic E-state index is 11.0. The molecule has 1 heterocycles. The van der Waals surface area contributed by atoms with Gasteiger partial charge in [-0.1, -0.05) is 17.7 Å². The van der Waals surface area contributed by atoms with E-state index >= 15 is 0 Å². The van der Waals surface area contributed by atoms with Crippen molar-refractivity contribution < 1.29 is 9.21 Å². The topological polar surface area (TPSA) is 43.1 Å². The van der Waals surface area contributed by atoms with Gasteiger partial charge in [0.1, 0.15) is 5.76 Å². The summed E-state index contributed by atoms with van der Waals surface area (Å²) in [5.41, 5.74) is 1.31. The van der Waals surface area contributed by atoms with Gasteiger partial charge in [-0.3, -0.25) is 4.79 Å². The summed E-state index contributed by atoms with van der Waals surface area (Å²) in [6.45, 7) is 3.73. The number of aldehydes is 1. The predicted octanol–water partition coefficient (Wildman–Crippen LogP) is 3.91. The van der Waals surface area contributed by atoms with Gasteiger partial charge < -0.3 is 4.42 Å². The minimum absolute atomic E-state index is 0.435. The predicted molar refractivity (Wildman–Crippen MR) is 66.9 cm³/mol. The molecular weight excluding hydrogens is 258 g/mol. The van der Waals surface area contributed by atoms with Gasteiger partial charge >= 0.3 is 0 Å². The first kappa shape index (κ1) is 12.2. The summed E-state index contributed by atoms with van der Waals surface area (Å²) in [6, 6.07) is 5.29. The van der Waals surface area contributed by atoms with Gasteiger partial charge in [0, 0.05) is 10.5 Å². The smallest absolute Gasteiger partial charge is 0.261 e. The van der Waals surface area contributed by atoms with E-state index in [1.54, 1.807) is 12.1 Å². The standard InChI is InChI=1S/C12H10ClNO2S/c1-7-8(2)16-12(14-7)17-11-5-3-4-10(13)9(11)6-15/h3-6H,1-2H3. The average molecular weight is 268 g/mol. The van der Waals surface area contributed by atoms with E-state index in [1.165, 1.54) is 11.8 Å². The second-order valence-corrected chi connectivity index (χ2v) is 4.89. The number of benzene rings is 1. The van der Waals surface area contributed by atoms with Crippen molar-refractivity contribution >= 4 is 29.6 Å². The SMILES string of the molecule is Cc1nc(Sc2cccc(Cl)c2C=O)oc1C. The highest BCUT2D eigenvalue weighted by molar-refractivity contribution is 7.99. The maximum atomic E-state index is 11.0. The highest BCUT2D eigenvalue weighted by atomic mass is 35.5. The summed E-state index contributed by atoms with van der Waals surface area (Å²) in [6.07, 6.45) is 0.743. The van der Waals surface area contributed by atoms with Crippen LogP contribution in [0.4, 0.5) is 0 Å². The van der Waals surface area contributed by atoms with Crippen LogP contribution in [-0.2, 0) is 0 Å². The highest BCUT2D eigenvalue weighted by Crippen LogP contribution is 2.33. The fourth-order valence-electron chi connectivity index (χ4n) is 1.30. The number of nitrogens with zero attached hydrogens (tertiary/aromatic N) is 1. The van der Waals surface area contributed by atoms with E-state index in [0.29, 0.717) is 15.8 Å². The number of rotatable bonds is 3. The molecule has 0 aliphatic carbocycles. The minimum Gasteiger partial charge on any atom is -0.436 e. The second kappa shape index (κ2) is 4.94. The van der Waals surface area contributed by atoms with Crippen molar-refractivity contribution in [2.45, 2.75) is 24.0 Å². The normalized spacial score (nSPS) is 10.5. The van der Waals surface area contributed by atoms with Gasteiger partial charge in [0.15, 0.2) is 6.29 Å². The van der Waals surface area contributed by atoms with Gasteiger partial charge in [-0.2, -0.15) is 0 Å². The highest BCUT2D eigenvalue weighted by Gasteiger charge is 2.12. The Morgan fingerprint density at radius 1 is 1.41 bits per heavy atom. The first-order valence-corrected chi connectivity index (χ1v) is 6.17. The largest absolute Gasteiger partial charge is 0.436 e. The molecule has 0 saturated heterocycles. The lowest BCUT2D eigenvalue weighted by atomic mass is 10.2. The van der Waals surface area contributed by atoms with Crippen LogP contribution in [0.2, 0.25) is 5.02 Å². The molecule has 2 rings (SSSR count). The van der Waals surface area contributed by atoms with Crippen LogP contribution in [0.5, 0.6) is 0 Å². The van der Waals surface area contributed by atoms with Crippen molar-refractivity contribution in [3.8, 4) is 0 Å². The molecule has 1 aromatic heterocycles. The van der Waals surface area contributed by atoms with Crippen LogP contribution >= 0.6 is 23.4 Å². The Bertz CT molecular complexity index is 546. The van der Waals surface area contributed by atoms with Crippen LogP contribution < -0.4 is 0 Å². The Balaban J connectivity index is 2.36. The Morgan fingerprint density at radius 3 is 2.76 bits per heavy atom. The Labute approximate surface area is 108 Å². The molecule has 2 aromatic rings. The fraction of sp³-hybridized carbons (Fsp3) is 0.167. The zero-order valence-electron chi connectivity index (χ0n) is 9.36. The van der Waals surface area contributed by atoms with Gasteiger partial charge in [0.25, 0.3) is 5.22 Å². The monoisotopic (exact) mass is 267 g/mol. The Kier molecular flexibility index (Phi) is 3.54. The first-order chi connectivity index (χ1) is 8.11. The van der Waals surface area contributed by atoms with E-state index in [4.69, 9.17) is 16.0 Å². The van der Waals surface area contributed by atoms with Gasteiger partial charge in [-0.05, 0) is 37.7 Å². The van der Waals surface area contributed by atoms with Crippen LogP contribution in [0.15, 0.2) is 32.7 Å². The Morgan fingerprint density at radius 2 is 2.18 bits per heavy atom. The molecule has 0 bridgehead atoms. The molecule has 0 unspecified atom stereocenters. The van der Waals surface area contributed by atoms with Crippen molar-refractivity contribution in [3.05, 3.63) is 40.2 Å². The lowest BCUT2D eigenvalue weighted by molar-refractivity contribution is 0.112. The number of hydrogen-bond acceptors (Lipinski definition) is 4. The molecule has 0 fully saturated rings. The molecule has 0 aliphatic rings. The Hall–Kier alpha value is -1.26. The van der Waals surface area contributed by atoms with E-state index < -0.39 is 0 Å². The molecule has 17 heavy (non-hydrogen) atoms.